The van der Waals surface area contributed by atoms with E-state index in [-0.39, 0.29) is 23.6 Å². The maximum absolute atomic E-state index is 13.2. The van der Waals surface area contributed by atoms with Crippen LogP contribution in [0.5, 0.6) is 0 Å². The van der Waals surface area contributed by atoms with E-state index in [4.69, 9.17) is 16.1 Å². The fourth-order valence-corrected chi connectivity index (χ4v) is 5.25. The van der Waals surface area contributed by atoms with Crippen LogP contribution in [-0.2, 0) is 14.6 Å². The minimum atomic E-state index is -3.86. The lowest BCUT2D eigenvalue weighted by atomic mass is 10.1. The predicted octanol–water partition coefficient (Wildman–Crippen LogP) is 3.36. The first kappa shape index (κ1) is 17.0. The number of aryl methyl sites for hydroxylation is 1. The Labute approximate surface area is 145 Å². The van der Waals surface area contributed by atoms with E-state index >= 15 is 0 Å². The largest absolute Gasteiger partial charge is 0.360 e. The van der Waals surface area contributed by atoms with Crippen LogP contribution in [0, 0.1) is 6.92 Å². The van der Waals surface area contributed by atoms with Gasteiger partial charge in [-0.3, -0.25) is 4.79 Å². The number of nitrogens with zero attached hydrogens (tertiary/aromatic N) is 1. The van der Waals surface area contributed by atoms with E-state index in [9.17, 15) is 13.2 Å². The first-order chi connectivity index (χ1) is 11.3. The van der Waals surface area contributed by atoms with Crippen molar-refractivity contribution in [3.8, 4) is 0 Å². The van der Waals surface area contributed by atoms with Gasteiger partial charge >= 0.3 is 0 Å². The number of anilines is 1. The molecule has 3 rings (SSSR count). The summed E-state index contributed by atoms with van der Waals surface area (Å²) in [4.78, 5) is 12.9. The third-order valence-electron chi connectivity index (χ3n) is 4.33. The quantitative estimate of drug-likeness (QED) is 0.893. The molecule has 1 saturated carbocycles. The van der Waals surface area contributed by atoms with E-state index in [0.717, 1.165) is 0 Å². The minimum Gasteiger partial charge on any atom is -0.360 e. The minimum absolute atomic E-state index is 0.0975. The van der Waals surface area contributed by atoms with Crippen LogP contribution in [0.15, 0.2) is 39.8 Å². The molecule has 6 nitrogen and oxygen atoms in total. The Hall–Kier alpha value is -1.86. The Morgan fingerprint density at radius 1 is 1.25 bits per heavy atom. The summed E-state index contributed by atoms with van der Waals surface area (Å²) in [5, 5.41) is 6.73. The molecule has 8 heteroatoms. The molecule has 2 aromatic rings. The van der Waals surface area contributed by atoms with Crippen molar-refractivity contribution < 1.29 is 17.7 Å². The van der Waals surface area contributed by atoms with Gasteiger partial charge in [-0.2, -0.15) is 0 Å². The number of nitrogens with one attached hydrogen (secondary N) is 1. The lowest BCUT2D eigenvalue weighted by Crippen LogP contribution is -2.47. The number of hydrogen-bond acceptors (Lipinski definition) is 5. The molecule has 0 atom stereocenters. The van der Waals surface area contributed by atoms with Crippen molar-refractivity contribution in [2.75, 3.05) is 5.32 Å². The molecule has 0 saturated heterocycles. The highest BCUT2D eigenvalue weighted by molar-refractivity contribution is 7.93. The number of halogens is 1. The summed E-state index contributed by atoms with van der Waals surface area (Å²) >= 11 is 5.84. The standard InChI is InChI=1S/C16H17ClN2O4S/c1-11-10-14(19-23-11)18-15(20)16(8-2-3-9-16)24(21,22)13-6-4-12(17)5-7-13/h4-7,10H,2-3,8-9H2,1H3,(H,18,19,20). The van der Waals surface area contributed by atoms with Crippen LogP contribution >= 0.6 is 11.6 Å². The lowest BCUT2D eigenvalue weighted by Gasteiger charge is -2.27. The molecule has 0 radical (unpaired) electrons. The number of hydrogen-bond donors (Lipinski definition) is 1. The Kier molecular flexibility index (Phi) is 4.40. The first-order valence-corrected chi connectivity index (χ1v) is 9.46. The van der Waals surface area contributed by atoms with Gasteiger partial charge in [-0.1, -0.05) is 29.6 Å². The van der Waals surface area contributed by atoms with Gasteiger partial charge in [0.25, 0.3) is 0 Å². The first-order valence-electron chi connectivity index (χ1n) is 7.60. The number of amides is 1. The SMILES string of the molecule is Cc1cc(NC(=O)C2(S(=O)(=O)c3ccc(Cl)cc3)CCCC2)no1. The van der Waals surface area contributed by atoms with Crippen molar-refractivity contribution in [3.63, 3.8) is 0 Å². The number of carbonyl (C=O) groups is 1. The predicted molar refractivity (Wildman–Crippen MR) is 89.7 cm³/mol. The van der Waals surface area contributed by atoms with E-state index in [1.165, 1.54) is 24.3 Å². The molecule has 1 heterocycles. The third-order valence-corrected chi connectivity index (χ3v) is 7.10. The van der Waals surface area contributed by atoms with Gasteiger partial charge in [0.15, 0.2) is 20.4 Å². The summed E-state index contributed by atoms with van der Waals surface area (Å²) in [5.74, 6) is 0.185. The topological polar surface area (TPSA) is 89.3 Å². The normalized spacial score (nSPS) is 16.9. The van der Waals surface area contributed by atoms with Gasteiger partial charge in [-0.25, -0.2) is 8.42 Å². The highest BCUT2D eigenvalue weighted by Gasteiger charge is 2.53. The average Bonchev–Trinajstić information content (AvgIpc) is 3.18. The Morgan fingerprint density at radius 2 is 1.88 bits per heavy atom. The number of carbonyl (C=O) groups excluding carboxylic acids is 1. The molecule has 24 heavy (non-hydrogen) atoms. The third kappa shape index (κ3) is 2.82. The summed E-state index contributed by atoms with van der Waals surface area (Å²) in [5.41, 5.74) is 0. The molecular weight excluding hydrogens is 352 g/mol. The Bertz CT molecular complexity index is 852. The van der Waals surface area contributed by atoms with Gasteiger partial charge in [-0.05, 0) is 44.0 Å². The second kappa shape index (κ2) is 6.22. The number of sulfone groups is 1. The maximum atomic E-state index is 13.2. The zero-order chi connectivity index (χ0) is 17.4. The van der Waals surface area contributed by atoms with Crippen LogP contribution in [0.4, 0.5) is 5.82 Å². The highest BCUT2D eigenvalue weighted by Crippen LogP contribution is 2.41. The van der Waals surface area contributed by atoms with Gasteiger partial charge in [0.05, 0.1) is 4.90 Å². The number of aromatic nitrogens is 1. The fraction of sp³-hybridized carbons (Fsp3) is 0.375. The van der Waals surface area contributed by atoms with E-state index in [1.54, 1.807) is 13.0 Å². The summed E-state index contributed by atoms with van der Waals surface area (Å²) in [6, 6.07) is 7.44. The van der Waals surface area contributed by atoms with Gasteiger partial charge < -0.3 is 9.84 Å². The average molecular weight is 369 g/mol. The van der Waals surface area contributed by atoms with Crippen LogP contribution < -0.4 is 5.32 Å². The van der Waals surface area contributed by atoms with Crippen molar-refractivity contribution in [1.29, 1.82) is 0 Å². The monoisotopic (exact) mass is 368 g/mol. The van der Waals surface area contributed by atoms with Crippen LogP contribution in [0.1, 0.15) is 31.4 Å². The molecule has 1 aliphatic carbocycles. The van der Waals surface area contributed by atoms with Gasteiger partial charge in [0.2, 0.25) is 5.91 Å². The molecule has 1 N–H and O–H groups in total. The van der Waals surface area contributed by atoms with Crippen LogP contribution in [0.3, 0.4) is 0 Å². The van der Waals surface area contributed by atoms with Crippen molar-refractivity contribution in [2.24, 2.45) is 0 Å². The van der Waals surface area contributed by atoms with Crippen molar-refractivity contribution >= 4 is 33.2 Å². The molecule has 128 valence electrons. The lowest BCUT2D eigenvalue weighted by molar-refractivity contribution is -0.118. The van der Waals surface area contributed by atoms with E-state index in [0.29, 0.717) is 23.6 Å². The molecule has 1 aromatic carbocycles. The Morgan fingerprint density at radius 3 is 2.42 bits per heavy atom. The summed E-state index contributed by atoms with van der Waals surface area (Å²) < 4.78 is 29.7. The molecule has 0 unspecified atom stereocenters. The van der Waals surface area contributed by atoms with Crippen LogP contribution in [-0.4, -0.2) is 24.2 Å². The van der Waals surface area contributed by atoms with E-state index in [2.05, 4.69) is 10.5 Å². The summed E-state index contributed by atoms with van der Waals surface area (Å²) in [7, 11) is -3.86. The van der Waals surface area contributed by atoms with E-state index in [1.807, 2.05) is 0 Å². The van der Waals surface area contributed by atoms with Crippen molar-refractivity contribution in [2.45, 2.75) is 42.2 Å². The number of rotatable bonds is 4. The van der Waals surface area contributed by atoms with E-state index < -0.39 is 20.5 Å². The number of benzene rings is 1. The molecule has 0 aliphatic heterocycles. The molecule has 1 fully saturated rings. The van der Waals surface area contributed by atoms with Crippen LogP contribution in [0.2, 0.25) is 5.02 Å². The molecular formula is C16H17ClN2O4S. The fourth-order valence-electron chi connectivity index (χ4n) is 3.06. The zero-order valence-electron chi connectivity index (χ0n) is 13.1. The smallest absolute Gasteiger partial charge is 0.247 e. The summed E-state index contributed by atoms with van der Waals surface area (Å²) in [6.07, 6.45) is 1.91. The molecule has 1 aromatic heterocycles. The summed E-state index contributed by atoms with van der Waals surface area (Å²) in [6.45, 7) is 1.69. The maximum Gasteiger partial charge on any atom is 0.247 e. The Balaban J connectivity index is 1.98. The van der Waals surface area contributed by atoms with Crippen molar-refractivity contribution in [3.05, 3.63) is 41.1 Å². The second-order valence-electron chi connectivity index (χ2n) is 5.94. The van der Waals surface area contributed by atoms with Gasteiger partial charge in [-0.15, -0.1) is 0 Å². The highest BCUT2D eigenvalue weighted by atomic mass is 35.5. The van der Waals surface area contributed by atoms with Crippen LogP contribution in [0.25, 0.3) is 0 Å². The zero-order valence-corrected chi connectivity index (χ0v) is 14.7. The molecule has 1 aliphatic rings. The molecule has 1 amide bonds. The van der Waals surface area contributed by atoms with Crippen molar-refractivity contribution in [1.82, 2.24) is 5.16 Å². The molecule has 0 spiro atoms. The second-order valence-corrected chi connectivity index (χ2v) is 8.63. The van der Waals surface area contributed by atoms with Gasteiger partial charge in [0, 0.05) is 11.1 Å². The van der Waals surface area contributed by atoms with Gasteiger partial charge in [0.1, 0.15) is 5.76 Å². The molecule has 0 bridgehead atoms.